The Morgan fingerprint density at radius 2 is 1.27 bits per heavy atom. The molecule has 3 aromatic carbocycles. The summed E-state index contributed by atoms with van der Waals surface area (Å²) in [5.74, 6) is -0.567. The predicted octanol–water partition coefficient (Wildman–Crippen LogP) is 7.34. The summed E-state index contributed by atoms with van der Waals surface area (Å²) < 4.78 is 9.57. The van der Waals surface area contributed by atoms with Gasteiger partial charge in [-0.1, -0.05) is 58.0 Å². The first-order valence-electron chi connectivity index (χ1n) is 20.6. The molecule has 7 rings (SSSR count). The van der Waals surface area contributed by atoms with Gasteiger partial charge in [-0.25, -0.2) is 9.59 Å². The van der Waals surface area contributed by atoms with Crippen LogP contribution < -0.4 is 16.1 Å². The molecule has 4 atom stereocenters. The number of hydrogen-bond acceptors (Lipinski definition) is 8. The number of carbonyl (C=O) groups is 4. The van der Waals surface area contributed by atoms with Crippen LogP contribution in [0.15, 0.2) is 76.7 Å². The number of nitrogens with one attached hydrogen (secondary N) is 3. The number of alkyl carbamates (subject to hydrolysis) is 2. The van der Waals surface area contributed by atoms with Gasteiger partial charge in [-0.15, -0.1) is 0 Å². The van der Waals surface area contributed by atoms with Gasteiger partial charge in [-0.2, -0.15) is 0 Å². The Morgan fingerprint density at radius 1 is 0.712 bits per heavy atom. The molecule has 0 aliphatic carbocycles. The molecule has 0 radical (unpaired) electrons. The Hall–Kier alpha value is -5.98. The fourth-order valence-electron chi connectivity index (χ4n) is 8.74. The summed E-state index contributed by atoms with van der Waals surface area (Å²) in [6.07, 6.45) is 5.41. The summed E-state index contributed by atoms with van der Waals surface area (Å²) >= 11 is 0. The van der Waals surface area contributed by atoms with Crippen LogP contribution in [0.4, 0.5) is 9.59 Å². The maximum Gasteiger partial charge on any atom is 0.407 e. The molecular formula is C46H54N6O7. The second-order valence-corrected chi connectivity index (χ2v) is 16.5. The molecule has 3 aliphatic heterocycles. The van der Waals surface area contributed by atoms with Gasteiger partial charge >= 0.3 is 12.2 Å². The van der Waals surface area contributed by atoms with E-state index in [1.165, 1.54) is 14.2 Å². The number of pyridine rings is 1. The Morgan fingerprint density at radius 3 is 1.92 bits per heavy atom. The van der Waals surface area contributed by atoms with Gasteiger partial charge in [-0.3, -0.25) is 19.4 Å². The summed E-state index contributed by atoms with van der Waals surface area (Å²) in [6.45, 7) is 8.73. The van der Waals surface area contributed by atoms with E-state index in [0.29, 0.717) is 42.5 Å². The number of fused-ring (bicyclic) bond motifs is 2. The number of H-pyrrole nitrogens is 1. The SMILES string of the molecule is COC(=O)N[C@H](C(=O)N1CCCCC1c1cc(=O)c2ccc(-c3ccc4cc(C5=CN=C([C@@H]6CCCN6C(=O)[C@@H](NC(=O)OC)C(C)C)C5)ccc4c3)cc2[nH]1)C(C)C. The van der Waals surface area contributed by atoms with E-state index in [2.05, 4.69) is 52.0 Å². The summed E-state index contributed by atoms with van der Waals surface area (Å²) in [5.41, 5.74) is 6.31. The Bertz CT molecular complexity index is 2400. The van der Waals surface area contributed by atoms with Crippen molar-refractivity contribution < 1.29 is 28.7 Å². The maximum atomic E-state index is 13.9. The van der Waals surface area contributed by atoms with Crippen molar-refractivity contribution >= 4 is 57.0 Å². The highest BCUT2D eigenvalue weighted by atomic mass is 16.5. The van der Waals surface area contributed by atoms with Gasteiger partial charge in [0, 0.05) is 48.6 Å². The molecule has 13 heteroatoms. The minimum absolute atomic E-state index is 0.0996. The molecule has 59 heavy (non-hydrogen) atoms. The predicted molar refractivity (Wildman–Crippen MR) is 229 cm³/mol. The third-order valence-electron chi connectivity index (χ3n) is 12.0. The maximum absolute atomic E-state index is 13.9. The van der Waals surface area contributed by atoms with Crippen LogP contribution in [0.3, 0.4) is 0 Å². The number of aliphatic imine (C=N–C) groups is 1. The van der Waals surface area contributed by atoms with Crippen LogP contribution in [0.5, 0.6) is 0 Å². The number of likely N-dealkylation sites (tertiary alicyclic amines) is 2. The van der Waals surface area contributed by atoms with Crippen molar-refractivity contribution in [1.82, 2.24) is 25.4 Å². The fourth-order valence-corrected chi connectivity index (χ4v) is 8.74. The zero-order valence-electron chi connectivity index (χ0n) is 34.7. The number of benzene rings is 3. The van der Waals surface area contributed by atoms with Crippen molar-refractivity contribution in [2.24, 2.45) is 16.8 Å². The second-order valence-electron chi connectivity index (χ2n) is 16.5. The average molecular weight is 803 g/mol. The number of rotatable bonds is 10. The second kappa shape index (κ2) is 17.5. The minimum Gasteiger partial charge on any atom is -0.453 e. The molecule has 1 aromatic heterocycles. The number of hydrogen-bond donors (Lipinski definition) is 3. The highest BCUT2D eigenvalue weighted by Crippen LogP contribution is 2.35. The van der Waals surface area contributed by atoms with Crippen LogP contribution in [0, 0.1) is 11.8 Å². The van der Waals surface area contributed by atoms with E-state index >= 15 is 0 Å². The molecule has 13 nitrogen and oxygen atoms in total. The van der Waals surface area contributed by atoms with Crippen LogP contribution in [-0.4, -0.2) is 89.9 Å². The minimum atomic E-state index is -0.756. The fraction of sp³-hybridized carbons (Fsp3) is 0.435. The first kappa shape index (κ1) is 41.2. The normalized spacial score (nSPS) is 19.1. The van der Waals surface area contributed by atoms with Crippen LogP contribution in [0.2, 0.25) is 0 Å². The summed E-state index contributed by atoms with van der Waals surface area (Å²) in [7, 11) is 2.57. The van der Waals surface area contributed by atoms with Crippen LogP contribution in [-0.2, 0) is 19.1 Å². The zero-order chi connectivity index (χ0) is 42.0. The van der Waals surface area contributed by atoms with Crippen LogP contribution in [0.25, 0.3) is 38.4 Å². The lowest BCUT2D eigenvalue weighted by molar-refractivity contribution is -0.138. The summed E-state index contributed by atoms with van der Waals surface area (Å²) in [6, 6.07) is 18.2. The van der Waals surface area contributed by atoms with E-state index in [9.17, 15) is 24.0 Å². The van der Waals surface area contributed by atoms with Crippen molar-refractivity contribution in [3.05, 3.63) is 88.3 Å². The number of methoxy groups -OCH3 is 2. The molecule has 0 bridgehead atoms. The quantitative estimate of drug-likeness (QED) is 0.151. The third kappa shape index (κ3) is 8.60. The molecule has 2 saturated heterocycles. The highest BCUT2D eigenvalue weighted by Gasteiger charge is 2.39. The number of carbonyl (C=O) groups excluding carboxylic acids is 4. The molecule has 0 saturated carbocycles. The average Bonchev–Trinajstić information content (AvgIpc) is 3.94. The first-order chi connectivity index (χ1) is 28.4. The van der Waals surface area contributed by atoms with Gasteiger partial charge in [0.15, 0.2) is 5.43 Å². The Balaban J connectivity index is 1.08. The van der Waals surface area contributed by atoms with Gasteiger partial charge in [0.25, 0.3) is 0 Å². The van der Waals surface area contributed by atoms with Gasteiger partial charge in [0.2, 0.25) is 11.8 Å². The number of amides is 4. The first-order valence-corrected chi connectivity index (χ1v) is 20.6. The Kier molecular flexibility index (Phi) is 12.2. The third-order valence-corrected chi connectivity index (χ3v) is 12.0. The topological polar surface area (TPSA) is 162 Å². The van der Waals surface area contributed by atoms with E-state index in [4.69, 9.17) is 14.5 Å². The lowest BCUT2D eigenvalue weighted by Crippen LogP contribution is -2.53. The Labute approximate surface area is 344 Å². The zero-order valence-corrected chi connectivity index (χ0v) is 34.7. The number of allylic oxidation sites excluding steroid dienone is 1. The molecule has 3 N–H and O–H groups in total. The summed E-state index contributed by atoms with van der Waals surface area (Å²) in [5, 5.41) is 8.13. The molecule has 3 aliphatic rings. The summed E-state index contributed by atoms with van der Waals surface area (Å²) in [4.78, 5) is 77.1. The van der Waals surface area contributed by atoms with Crippen LogP contribution >= 0.6 is 0 Å². The van der Waals surface area contributed by atoms with Gasteiger partial charge in [0.1, 0.15) is 12.1 Å². The molecule has 4 heterocycles. The molecule has 0 spiro atoms. The smallest absolute Gasteiger partial charge is 0.407 e. The van der Waals surface area contributed by atoms with E-state index < -0.39 is 24.3 Å². The van der Waals surface area contributed by atoms with E-state index in [-0.39, 0.29) is 41.2 Å². The van der Waals surface area contributed by atoms with Crippen molar-refractivity contribution in [2.45, 2.75) is 90.4 Å². The number of nitrogens with zero attached hydrogens (tertiary/aromatic N) is 3. The van der Waals surface area contributed by atoms with E-state index in [1.54, 1.807) is 11.0 Å². The lowest BCUT2D eigenvalue weighted by Gasteiger charge is -2.38. The van der Waals surface area contributed by atoms with Crippen molar-refractivity contribution in [1.29, 1.82) is 0 Å². The van der Waals surface area contributed by atoms with Crippen LogP contribution in [0.1, 0.15) is 83.5 Å². The molecule has 4 amide bonds. The van der Waals surface area contributed by atoms with Crippen molar-refractivity contribution in [3.63, 3.8) is 0 Å². The number of aromatic amines is 1. The number of aromatic nitrogens is 1. The molecule has 2 fully saturated rings. The number of ether oxygens (including phenoxy) is 2. The van der Waals surface area contributed by atoms with Crippen molar-refractivity contribution in [3.8, 4) is 11.1 Å². The largest absolute Gasteiger partial charge is 0.453 e. The van der Waals surface area contributed by atoms with Gasteiger partial charge < -0.3 is 34.9 Å². The molecule has 1 unspecified atom stereocenters. The standard InChI is InChI=1S/C46H54N6O7/c1-26(2)41(49-45(56)58-5)43(54)51-18-8-7-10-39(51)37-24-40(53)34-17-16-32(22-35(34)48-37)30-13-12-29-21-31(15-14-28(29)20-30)33-23-36(47-25-33)38-11-9-19-52(38)44(55)42(27(3)4)50-46(57)59-6/h12-17,20-22,24-27,38-39,41-42H,7-11,18-19,23H2,1-6H3,(H,48,53)(H,49,56)(H,50,57)/t38-,39?,41-,42-/m0/s1. The molecule has 310 valence electrons. The van der Waals surface area contributed by atoms with E-state index in [0.717, 1.165) is 64.4 Å². The lowest BCUT2D eigenvalue weighted by atomic mass is 9.94. The van der Waals surface area contributed by atoms with Gasteiger partial charge in [0.05, 0.1) is 31.8 Å². The highest BCUT2D eigenvalue weighted by molar-refractivity contribution is 6.04. The van der Waals surface area contributed by atoms with Gasteiger partial charge in [-0.05, 0) is 101 Å². The molecular weight excluding hydrogens is 749 g/mol. The van der Waals surface area contributed by atoms with Crippen molar-refractivity contribution in [2.75, 3.05) is 27.3 Å². The van der Waals surface area contributed by atoms with E-state index in [1.807, 2.05) is 57.0 Å². The molecule has 4 aromatic rings. The number of piperidine rings is 1. The monoisotopic (exact) mass is 802 g/mol.